The van der Waals surface area contributed by atoms with Crippen LogP contribution in [0.5, 0.6) is 0 Å². The van der Waals surface area contributed by atoms with Crippen LogP contribution in [0.15, 0.2) is 42.7 Å². The zero-order valence-electron chi connectivity index (χ0n) is 23.8. The third-order valence-corrected chi connectivity index (χ3v) is 7.02. The molecule has 4 nitrogen and oxygen atoms in total. The lowest BCUT2D eigenvalue weighted by atomic mass is 9.63. The summed E-state index contributed by atoms with van der Waals surface area (Å²) in [6.45, 7) is 26.2. The fourth-order valence-electron chi connectivity index (χ4n) is 4.99. The number of piperidine rings is 1. The number of nitrogens with one attached hydrogen (secondary N) is 1. The van der Waals surface area contributed by atoms with E-state index in [0.717, 1.165) is 48.8 Å². The Morgan fingerprint density at radius 2 is 1.54 bits per heavy atom. The van der Waals surface area contributed by atoms with Gasteiger partial charge in [-0.3, -0.25) is 0 Å². The van der Waals surface area contributed by atoms with Crippen molar-refractivity contribution in [2.24, 2.45) is 5.41 Å². The fraction of sp³-hybridized carbons (Fsp3) is 0.613. The highest BCUT2D eigenvalue weighted by Crippen LogP contribution is 2.46. The first kappa shape index (κ1) is 27.2. The van der Waals surface area contributed by atoms with Gasteiger partial charge in [0.1, 0.15) is 5.82 Å². The summed E-state index contributed by atoms with van der Waals surface area (Å²) in [5.74, 6) is 1.86. The first-order valence-corrected chi connectivity index (χ1v) is 13.3. The largest absolute Gasteiger partial charge is 0.386 e. The molecule has 2 aromatic rings. The lowest BCUT2D eigenvalue weighted by Crippen LogP contribution is -2.42. The van der Waals surface area contributed by atoms with Gasteiger partial charge in [0.2, 0.25) is 0 Å². The number of allylic oxidation sites excluding steroid dienone is 1. The molecule has 1 aliphatic heterocycles. The van der Waals surface area contributed by atoms with Gasteiger partial charge in [-0.15, -0.1) is 0 Å². The molecule has 1 fully saturated rings. The van der Waals surface area contributed by atoms with Crippen molar-refractivity contribution in [1.29, 1.82) is 0 Å². The zero-order valence-corrected chi connectivity index (χ0v) is 23.8. The van der Waals surface area contributed by atoms with Gasteiger partial charge in [0.05, 0.1) is 0 Å². The summed E-state index contributed by atoms with van der Waals surface area (Å²) in [6, 6.07) is 9.44. The Labute approximate surface area is 214 Å². The van der Waals surface area contributed by atoms with Crippen LogP contribution in [0.2, 0.25) is 0 Å². The van der Waals surface area contributed by atoms with Crippen LogP contribution >= 0.6 is 0 Å². The fourth-order valence-corrected chi connectivity index (χ4v) is 4.99. The summed E-state index contributed by atoms with van der Waals surface area (Å²) in [4.78, 5) is 12.0. The number of hydrogen-bond donors (Lipinski definition) is 1. The summed E-state index contributed by atoms with van der Waals surface area (Å²) in [5.41, 5.74) is 6.03. The summed E-state index contributed by atoms with van der Waals surface area (Å²) in [5, 5.41) is 3.48. The first-order valence-electron chi connectivity index (χ1n) is 13.3. The molecule has 0 spiro atoms. The Morgan fingerprint density at radius 1 is 0.971 bits per heavy atom. The minimum absolute atomic E-state index is 0.191. The molecule has 1 aromatic carbocycles. The van der Waals surface area contributed by atoms with E-state index in [4.69, 9.17) is 4.98 Å². The standard InChI is InChI=1S/C26H36N4.C5H12/c1-18(2)28-20-10-15-30(16-11-20)23-9-14-27-24(29-23)19-7-8-21-22(17-19)26(5,6)13-12-25(21,3)4;1-5(2,3)4/h7-9,14,17,20,28H,1,10-13,15-16H2,2-6H3;1-4H3. The molecule has 4 heteroatoms. The number of fused-ring (bicyclic) bond motifs is 1. The minimum atomic E-state index is 0.191. The molecule has 1 N–H and O–H groups in total. The van der Waals surface area contributed by atoms with Crippen LogP contribution in [-0.4, -0.2) is 29.1 Å². The first-order chi connectivity index (χ1) is 16.2. The molecule has 192 valence electrons. The van der Waals surface area contributed by atoms with Gasteiger partial charge in [0, 0.05) is 36.6 Å². The normalized spacial score (nSPS) is 19.3. The number of aromatic nitrogens is 2. The van der Waals surface area contributed by atoms with Gasteiger partial charge in [-0.25, -0.2) is 9.97 Å². The number of rotatable bonds is 4. The molecular weight excluding hydrogens is 428 g/mol. The van der Waals surface area contributed by atoms with Gasteiger partial charge in [-0.1, -0.05) is 74.1 Å². The van der Waals surface area contributed by atoms with Gasteiger partial charge in [-0.2, -0.15) is 0 Å². The lowest BCUT2D eigenvalue weighted by molar-refractivity contribution is 0.332. The van der Waals surface area contributed by atoms with Gasteiger partial charge in [0.15, 0.2) is 5.82 Å². The Bertz CT molecular complexity index is 1010. The van der Waals surface area contributed by atoms with Crippen LogP contribution in [0.3, 0.4) is 0 Å². The van der Waals surface area contributed by atoms with E-state index >= 15 is 0 Å². The molecule has 0 atom stereocenters. The van der Waals surface area contributed by atoms with Gasteiger partial charge >= 0.3 is 0 Å². The summed E-state index contributed by atoms with van der Waals surface area (Å²) in [6.07, 6.45) is 6.56. The van der Waals surface area contributed by atoms with E-state index in [1.807, 2.05) is 19.2 Å². The average Bonchev–Trinajstić information content (AvgIpc) is 2.76. The monoisotopic (exact) mass is 476 g/mol. The number of anilines is 1. The van der Waals surface area contributed by atoms with E-state index in [9.17, 15) is 0 Å². The number of nitrogens with zero attached hydrogens (tertiary/aromatic N) is 3. The summed E-state index contributed by atoms with van der Waals surface area (Å²) in [7, 11) is 0. The van der Waals surface area contributed by atoms with Crippen molar-refractivity contribution in [2.75, 3.05) is 18.0 Å². The maximum atomic E-state index is 4.96. The molecule has 0 amide bonds. The maximum Gasteiger partial charge on any atom is 0.161 e. The molecule has 1 aliphatic carbocycles. The van der Waals surface area contributed by atoms with Crippen molar-refractivity contribution in [3.8, 4) is 11.4 Å². The molecule has 2 aliphatic rings. The second kappa shape index (κ2) is 10.3. The molecule has 35 heavy (non-hydrogen) atoms. The summed E-state index contributed by atoms with van der Waals surface area (Å²) >= 11 is 0. The SMILES string of the molecule is C=C(C)NC1CCN(c2ccnc(-c3ccc4c(c3)C(C)(C)CCC4(C)C)n2)CC1.CC(C)(C)C. The second-order valence-corrected chi connectivity index (χ2v) is 13.5. The minimum Gasteiger partial charge on any atom is -0.386 e. The van der Waals surface area contributed by atoms with E-state index in [2.05, 4.69) is 95.4 Å². The number of hydrogen-bond acceptors (Lipinski definition) is 4. The zero-order chi connectivity index (χ0) is 26.0. The van der Waals surface area contributed by atoms with Crippen LogP contribution in [0.4, 0.5) is 5.82 Å². The predicted octanol–water partition coefficient (Wildman–Crippen LogP) is 7.64. The van der Waals surface area contributed by atoms with Crippen LogP contribution in [0.25, 0.3) is 11.4 Å². The third-order valence-electron chi connectivity index (χ3n) is 7.02. The second-order valence-electron chi connectivity index (χ2n) is 13.5. The quantitative estimate of drug-likeness (QED) is 0.492. The van der Waals surface area contributed by atoms with E-state index in [-0.39, 0.29) is 10.8 Å². The molecule has 1 saturated heterocycles. The Morgan fingerprint density at radius 3 is 2.11 bits per heavy atom. The van der Waals surface area contributed by atoms with Gasteiger partial charge < -0.3 is 10.2 Å². The molecule has 4 rings (SSSR count). The van der Waals surface area contributed by atoms with Crippen LogP contribution in [0.1, 0.15) is 99.1 Å². The van der Waals surface area contributed by atoms with E-state index in [0.29, 0.717) is 11.5 Å². The van der Waals surface area contributed by atoms with E-state index in [1.165, 1.54) is 24.0 Å². The number of benzene rings is 1. The van der Waals surface area contributed by atoms with Crippen LogP contribution in [0, 0.1) is 5.41 Å². The van der Waals surface area contributed by atoms with E-state index < -0.39 is 0 Å². The van der Waals surface area contributed by atoms with Crippen LogP contribution < -0.4 is 10.2 Å². The van der Waals surface area contributed by atoms with Crippen molar-refractivity contribution in [2.45, 2.75) is 105 Å². The summed E-state index contributed by atoms with van der Waals surface area (Å²) < 4.78 is 0. The van der Waals surface area contributed by atoms with Crippen molar-refractivity contribution < 1.29 is 0 Å². The Hall–Kier alpha value is -2.36. The van der Waals surface area contributed by atoms with Crippen molar-refractivity contribution in [1.82, 2.24) is 15.3 Å². The third kappa shape index (κ3) is 7.32. The molecule has 0 radical (unpaired) electrons. The van der Waals surface area contributed by atoms with Gasteiger partial charge in [0.25, 0.3) is 0 Å². The highest BCUT2D eigenvalue weighted by molar-refractivity contribution is 5.61. The van der Waals surface area contributed by atoms with Crippen molar-refractivity contribution >= 4 is 5.82 Å². The molecule has 0 saturated carbocycles. The van der Waals surface area contributed by atoms with Crippen LogP contribution in [-0.2, 0) is 10.8 Å². The van der Waals surface area contributed by atoms with Crippen molar-refractivity contribution in [3.63, 3.8) is 0 Å². The molecule has 0 bridgehead atoms. The van der Waals surface area contributed by atoms with E-state index in [1.54, 1.807) is 0 Å². The maximum absolute atomic E-state index is 4.96. The Balaban J connectivity index is 0.000000623. The average molecular weight is 477 g/mol. The Kier molecular flexibility index (Phi) is 8.03. The molecular formula is C31H48N4. The van der Waals surface area contributed by atoms with Gasteiger partial charge in [-0.05, 0) is 72.1 Å². The molecule has 0 unspecified atom stereocenters. The lowest BCUT2D eigenvalue weighted by Gasteiger charge is -2.42. The topological polar surface area (TPSA) is 41.0 Å². The highest BCUT2D eigenvalue weighted by atomic mass is 15.2. The predicted molar refractivity (Wildman–Crippen MR) is 151 cm³/mol. The smallest absolute Gasteiger partial charge is 0.161 e. The molecule has 1 aromatic heterocycles. The van der Waals surface area contributed by atoms with Crippen molar-refractivity contribution in [3.05, 3.63) is 53.9 Å². The molecule has 2 heterocycles. The highest BCUT2D eigenvalue weighted by Gasteiger charge is 2.37.